The molecule has 2 atom stereocenters. The number of benzene rings is 1. The predicted molar refractivity (Wildman–Crippen MR) is 130 cm³/mol. The van der Waals surface area contributed by atoms with Crippen molar-refractivity contribution in [3.63, 3.8) is 0 Å². The largest absolute Gasteiger partial charge is 0.356 e. The summed E-state index contributed by atoms with van der Waals surface area (Å²) < 4.78 is 27.1. The highest BCUT2D eigenvalue weighted by Crippen LogP contribution is 2.26. The van der Waals surface area contributed by atoms with Gasteiger partial charge in [0.25, 0.3) is 0 Å². The fourth-order valence-electron chi connectivity index (χ4n) is 4.96. The van der Waals surface area contributed by atoms with Crippen molar-refractivity contribution in [1.29, 1.82) is 0 Å². The van der Waals surface area contributed by atoms with Gasteiger partial charge in [-0.1, -0.05) is 43.1 Å². The summed E-state index contributed by atoms with van der Waals surface area (Å²) in [6, 6.07) is 4.84. The summed E-state index contributed by atoms with van der Waals surface area (Å²) in [4.78, 5) is 15.1. The van der Waals surface area contributed by atoms with Crippen LogP contribution in [0.15, 0.2) is 18.2 Å². The monoisotopic (exact) mass is 503 g/mol. The van der Waals surface area contributed by atoms with Crippen molar-refractivity contribution < 1.29 is 13.2 Å². The molecule has 32 heavy (non-hydrogen) atoms. The Kier molecular flexibility index (Phi) is 9.27. The van der Waals surface area contributed by atoms with E-state index in [-0.39, 0.29) is 17.6 Å². The van der Waals surface area contributed by atoms with Gasteiger partial charge in [-0.25, -0.2) is 12.7 Å². The third kappa shape index (κ3) is 7.32. The number of nitrogens with one attached hydrogen (secondary N) is 1. The van der Waals surface area contributed by atoms with Gasteiger partial charge < -0.3 is 10.2 Å². The first kappa shape index (κ1) is 25.8. The Morgan fingerprint density at radius 2 is 1.78 bits per heavy atom. The molecule has 6 nitrogen and oxygen atoms in total. The van der Waals surface area contributed by atoms with Crippen molar-refractivity contribution in [2.75, 3.05) is 39.3 Å². The van der Waals surface area contributed by atoms with Crippen LogP contribution in [-0.2, 0) is 20.6 Å². The van der Waals surface area contributed by atoms with Crippen LogP contribution in [-0.4, -0.2) is 62.8 Å². The van der Waals surface area contributed by atoms with Crippen LogP contribution in [0.3, 0.4) is 0 Å². The number of rotatable bonds is 8. The highest BCUT2D eigenvalue weighted by atomic mass is 35.5. The molecule has 0 saturated carbocycles. The molecule has 0 aromatic heterocycles. The minimum atomic E-state index is -3.49. The van der Waals surface area contributed by atoms with E-state index in [0.29, 0.717) is 48.1 Å². The van der Waals surface area contributed by atoms with Crippen LogP contribution in [0, 0.1) is 17.8 Å². The first-order chi connectivity index (χ1) is 15.1. The van der Waals surface area contributed by atoms with Crippen LogP contribution in [0.5, 0.6) is 0 Å². The van der Waals surface area contributed by atoms with Gasteiger partial charge in [0.05, 0.1) is 5.75 Å². The van der Waals surface area contributed by atoms with Crippen molar-refractivity contribution in [2.24, 2.45) is 17.8 Å². The number of carbonyl (C=O) groups is 1. The number of halogens is 2. The summed E-state index contributed by atoms with van der Waals surface area (Å²) >= 11 is 12.0. The number of carbonyl (C=O) groups excluding carboxylic acids is 1. The van der Waals surface area contributed by atoms with E-state index in [4.69, 9.17) is 23.2 Å². The van der Waals surface area contributed by atoms with E-state index in [2.05, 4.69) is 24.1 Å². The third-order valence-corrected chi connectivity index (χ3v) is 8.88. The lowest BCUT2D eigenvalue weighted by atomic mass is 9.92. The lowest BCUT2D eigenvalue weighted by molar-refractivity contribution is -0.126. The van der Waals surface area contributed by atoms with Gasteiger partial charge in [-0.15, -0.1) is 0 Å². The molecule has 2 heterocycles. The molecule has 2 aliphatic heterocycles. The predicted octanol–water partition coefficient (Wildman–Crippen LogP) is 4.02. The fraction of sp³-hybridized carbons (Fsp3) is 0.696. The van der Waals surface area contributed by atoms with E-state index < -0.39 is 10.0 Å². The van der Waals surface area contributed by atoms with Crippen molar-refractivity contribution in [3.05, 3.63) is 33.8 Å². The molecule has 1 aromatic carbocycles. The second-order valence-electron chi connectivity index (χ2n) is 9.52. The van der Waals surface area contributed by atoms with E-state index in [1.54, 1.807) is 18.2 Å². The van der Waals surface area contributed by atoms with Crippen LogP contribution in [0.4, 0.5) is 0 Å². The SMILES string of the molecule is CC1CC(C)CN(CCCNC(=O)C2CCN(S(=O)(=O)Cc3ccc(Cl)cc3Cl)CC2)C1. The molecule has 180 valence electrons. The highest BCUT2D eigenvalue weighted by Gasteiger charge is 2.31. The number of hydrogen-bond acceptors (Lipinski definition) is 4. The third-order valence-electron chi connectivity index (χ3n) is 6.47. The van der Waals surface area contributed by atoms with Gasteiger partial charge in [-0.3, -0.25) is 4.79 Å². The minimum Gasteiger partial charge on any atom is -0.356 e. The molecule has 0 aliphatic carbocycles. The number of amides is 1. The van der Waals surface area contributed by atoms with Crippen molar-refractivity contribution >= 4 is 39.1 Å². The molecule has 1 aromatic rings. The van der Waals surface area contributed by atoms with Gasteiger partial charge in [0.15, 0.2) is 0 Å². The number of hydrogen-bond donors (Lipinski definition) is 1. The maximum absolute atomic E-state index is 12.8. The Hall–Kier alpha value is -0.860. The summed E-state index contributed by atoms with van der Waals surface area (Å²) in [6.45, 7) is 9.30. The standard InChI is InChI=1S/C23H35Cl2N3O3S/c1-17-12-18(2)15-27(14-17)9-3-8-26-23(29)19-6-10-28(11-7-19)32(30,31)16-20-4-5-21(24)13-22(20)25/h4-5,13,17-19H,3,6-12,14-16H2,1-2H3,(H,26,29). The second kappa shape index (κ2) is 11.5. The first-order valence-electron chi connectivity index (χ1n) is 11.6. The highest BCUT2D eigenvalue weighted by molar-refractivity contribution is 7.88. The van der Waals surface area contributed by atoms with Gasteiger partial charge in [0.2, 0.25) is 15.9 Å². The van der Waals surface area contributed by atoms with Gasteiger partial charge in [-0.05, 0) is 61.8 Å². The Morgan fingerprint density at radius 3 is 2.41 bits per heavy atom. The van der Waals surface area contributed by atoms with Crippen molar-refractivity contribution in [1.82, 2.24) is 14.5 Å². The summed E-state index contributed by atoms with van der Waals surface area (Å²) in [5.41, 5.74) is 0.536. The second-order valence-corrected chi connectivity index (χ2v) is 12.3. The van der Waals surface area contributed by atoms with Gasteiger partial charge in [0.1, 0.15) is 0 Å². The molecule has 2 fully saturated rings. The van der Waals surface area contributed by atoms with Gasteiger partial charge >= 0.3 is 0 Å². The van der Waals surface area contributed by atoms with Crippen LogP contribution < -0.4 is 5.32 Å². The molecule has 1 amide bonds. The van der Waals surface area contributed by atoms with E-state index in [0.717, 1.165) is 37.9 Å². The number of likely N-dealkylation sites (tertiary alicyclic amines) is 1. The molecule has 9 heteroatoms. The summed E-state index contributed by atoms with van der Waals surface area (Å²) in [6.07, 6.45) is 3.33. The van der Waals surface area contributed by atoms with E-state index >= 15 is 0 Å². The van der Waals surface area contributed by atoms with Gasteiger partial charge in [-0.2, -0.15) is 0 Å². The average Bonchev–Trinajstić information content (AvgIpc) is 2.72. The fourth-order valence-corrected chi connectivity index (χ4v) is 7.10. The lowest BCUT2D eigenvalue weighted by Crippen LogP contribution is -2.44. The van der Waals surface area contributed by atoms with Crippen LogP contribution in [0.1, 0.15) is 45.1 Å². The van der Waals surface area contributed by atoms with Crippen LogP contribution >= 0.6 is 23.2 Å². The zero-order valence-corrected chi connectivity index (χ0v) is 21.4. The van der Waals surface area contributed by atoms with E-state index in [1.807, 2.05) is 0 Å². The minimum absolute atomic E-state index is 0.0446. The van der Waals surface area contributed by atoms with Crippen molar-refractivity contribution in [2.45, 2.75) is 45.3 Å². The molecule has 0 bridgehead atoms. The Bertz CT molecular complexity index is 878. The normalized spacial score (nSPS) is 23.9. The summed E-state index contributed by atoms with van der Waals surface area (Å²) in [7, 11) is -3.49. The average molecular weight is 505 g/mol. The Morgan fingerprint density at radius 1 is 1.12 bits per heavy atom. The van der Waals surface area contributed by atoms with Crippen molar-refractivity contribution in [3.8, 4) is 0 Å². The number of piperidine rings is 2. The summed E-state index contributed by atoms with van der Waals surface area (Å²) in [5, 5.41) is 3.88. The summed E-state index contributed by atoms with van der Waals surface area (Å²) in [5.74, 6) is 1.24. The van der Waals surface area contributed by atoms with E-state index in [1.165, 1.54) is 10.7 Å². The number of nitrogens with zero attached hydrogens (tertiary/aromatic N) is 2. The zero-order valence-electron chi connectivity index (χ0n) is 19.0. The van der Waals surface area contributed by atoms with Crippen LogP contribution in [0.2, 0.25) is 10.0 Å². The number of sulfonamides is 1. The topological polar surface area (TPSA) is 69.7 Å². The zero-order chi connectivity index (χ0) is 23.3. The molecule has 2 aliphatic rings. The first-order valence-corrected chi connectivity index (χ1v) is 13.9. The molecule has 2 saturated heterocycles. The molecule has 0 radical (unpaired) electrons. The molecular formula is C23H35Cl2N3O3S. The van der Waals surface area contributed by atoms with Gasteiger partial charge in [0, 0.05) is 48.7 Å². The smallest absolute Gasteiger partial charge is 0.223 e. The van der Waals surface area contributed by atoms with E-state index in [9.17, 15) is 13.2 Å². The molecule has 2 unspecified atom stereocenters. The molecule has 0 spiro atoms. The van der Waals surface area contributed by atoms with Crippen LogP contribution in [0.25, 0.3) is 0 Å². The lowest BCUT2D eigenvalue weighted by Gasteiger charge is -2.35. The molecular weight excluding hydrogens is 469 g/mol. The molecule has 3 rings (SSSR count). The molecule has 1 N–H and O–H groups in total. The maximum atomic E-state index is 12.8. The maximum Gasteiger partial charge on any atom is 0.223 e. The Balaban J connectivity index is 1.39. The quantitative estimate of drug-likeness (QED) is 0.543. The Labute approximate surface area is 202 Å².